The van der Waals surface area contributed by atoms with Gasteiger partial charge in [-0.25, -0.2) is 4.39 Å². The summed E-state index contributed by atoms with van der Waals surface area (Å²) in [6.45, 7) is 1.86. The van der Waals surface area contributed by atoms with Crippen LogP contribution >= 0.6 is 24.8 Å². The molecule has 1 aromatic carbocycles. The van der Waals surface area contributed by atoms with Crippen LogP contribution in [0.5, 0.6) is 0 Å². The minimum absolute atomic E-state index is 0. The lowest BCUT2D eigenvalue weighted by Crippen LogP contribution is -2.44. The Morgan fingerprint density at radius 3 is 2.50 bits per heavy atom. The van der Waals surface area contributed by atoms with Gasteiger partial charge in [0.15, 0.2) is 0 Å². The van der Waals surface area contributed by atoms with Crippen molar-refractivity contribution >= 4 is 41.6 Å². The molecule has 0 spiro atoms. The highest BCUT2D eigenvalue weighted by atomic mass is 35.5. The lowest BCUT2D eigenvalue weighted by molar-refractivity contribution is 0.0705. The first-order chi connectivity index (χ1) is 11.6. The van der Waals surface area contributed by atoms with E-state index in [1.807, 2.05) is 18.0 Å². The van der Waals surface area contributed by atoms with Crippen molar-refractivity contribution in [2.45, 2.75) is 37.6 Å². The lowest BCUT2D eigenvalue weighted by atomic mass is 10.0. The van der Waals surface area contributed by atoms with Gasteiger partial charge < -0.3 is 10.2 Å². The Bertz CT molecular complexity index is 792. The van der Waals surface area contributed by atoms with Crippen molar-refractivity contribution in [1.29, 1.82) is 0 Å². The minimum atomic E-state index is -0.331. The van der Waals surface area contributed by atoms with Crippen molar-refractivity contribution in [2.75, 3.05) is 20.1 Å². The van der Waals surface area contributed by atoms with Crippen molar-refractivity contribution in [3.63, 3.8) is 0 Å². The second-order valence-corrected chi connectivity index (χ2v) is 6.93. The van der Waals surface area contributed by atoms with E-state index < -0.39 is 0 Å². The fourth-order valence-electron chi connectivity index (χ4n) is 3.53. The summed E-state index contributed by atoms with van der Waals surface area (Å²) in [5, 5.41) is 3.94. The van der Waals surface area contributed by atoms with Crippen LogP contribution in [0.3, 0.4) is 0 Å². The van der Waals surface area contributed by atoms with Crippen molar-refractivity contribution in [3.05, 3.63) is 41.3 Å². The third-order valence-electron chi connectivity index (χ3n) is 5.19. The zero-order valence-electron chi connectivity index (χ0n) is 14.7. The normalized spacial score (nSPS) is 17.3. The molecule has 7 heteroatoms. The van der Waals surface area contributed by atoms with Gasteiger partial charge in [-0.3, -0.25) is 9.78 Å². The van der Waals surface area contributed by atoms with Gasteiger partial charge in [0.25, 0.3) is 5.91 Å². The standard InChI is InChI=1S/C19H22FN3O.2ClH/c1-23(14-6-8-21-9-7-14)19(24)16-11-18(12-2-3-12)22-17-5-4-13(20)10-15(16)17;;/h4-5,10-12,14,21H,2-3,6-9H2,1H3;2*1H. The van der Waals surface area contributed by atoms with Crippen molar-refractivity contribution in [3.8, 4) is 0 Å². The molecule has 26 heavy (non-hydrogen) atoms. The third kappa shape index (κ3) is 4.11. The van der Waals surface area contributed by atoms with Crippen LogP contribution in [0.1, 0.15) is 47.7 Å². The fraction of sp³-hybridized carbons (Fsp3) is 0.474. The van der Waals surface area contributed by atoms with Crippen LogP contribution in [-0.2, 0) is 0 Å². The molecule has 0 atom stereocenters. The van der Waals surface area contributed by atoms with E-state index in [0.717, 1.165) is 44.5 Å². The highest BCUT2D eigenvalue weighted by Crippen LogP contribution is 2.40. The smallest absolute Gasteiger partial charge is 0.254 e. The molecule has 142 valence electrons. The molecule has 0 radical (unpaired) electrons. The van der Waals surface area contributed by atoms with E-state index in [1.54, 1.807) is 6.07 Å². The molecule has 1 N–H and O–H groups in total. The number of nitrogens with one attached hydrogen (secondary N) is 1. The van der Waals surface area contributed by atoms with Gasteiger partial charge in [-0.1, -0.05) is 0 Å². The molecule has 2 fully saturated rings. The number of pyridine rings is 1. The number of fused-ring (bicyclic) bond motifs is 1. The number of benzene rings is 1. The highest BCUT2D eigenvalue weighted by molar-refractivity contribution is 6.06. The SMILES string of the molecule is CN(C(=O)c1cc(C2CC2)nc2ccc(F)cc12)C1CCNCC1.Cl.Cl. The van der Waals surface area contributed by atoms with E-state index in [9.17, 15) is 9.18 Å². The average Bonchev–Trinajstić information content (AvgIpc) is 3.45. The summed E-state index contributed by atoms with van der Waals surface area (Å²) in [6.07, 6.45) is 4.15. The number of rotatable bonds is 3. The van der Waals surface area contributed by atoms with Gasteiger partial charge in [0.2, 0.25) is 0 Å². The number of nitrogens with zero attached hydrogens (tertiary/aromatic N) is 2. The summed E-state index contributed by atoms with van der Waals surface area (Å²) in [5.41, 5.74) is 2.27. The lowest BCUT2D eigenvalue weighted by Gasteiger charge is -2.32. The number of hydrogen-bond donors (Lipinski definition) is 1. The molecule has 2 heterocycles. The van der Waals surface area contributed by atoms with Gasteiger partial charge >= 0.3 is 0 Å². The van der Waals surface area contributed by atoms with Crippen molar-refractivity contribution in [2.24, 2.45) is 0 Å². The first-order valence-electron chi connectivity index (χ1n) is 8.71. The minimum Gasteiger partial charge on any atom is -0.339 e. The van der Waals surface area contributed by atoms with E-state index in [-0.39, 0.29) is 42.6 Å². The number of halogens is 3. The van der Waals surface area contributed by atoms with Crippen molar-refractivity contribution < 1.29 is 9.18 Å². The Labute approximate surface area is 165 Å². The molecule has 4 nitrogen and oxygen atoms in total. The Hall–Kier alpha value is -1.43. The maximum Gasteiger partial charge on any atom is 0.254 e. The van der Waals surface area contributed by atoms with E-state index in [2.05, 4.69) is 10.3 Å². The predicted octanol–water partition coefficient (Wildman–Crippen LogP) is 3.92. The molecular weight excluding hydrogens is 376 g/mol. The maximum atomic E-state index is 13.7. The number of hydrogen-bond acceptors (Lipinski definition) is 3. The molecule has 1 saturated carbocycles. The van der Waals surface area contributed by atoms with Crippen LogP contribution in [0.4, 0.5) is 4.39 Å². The van der Waals surface area contributed by atoms with Gasteiger partial charge in [0, 0.05) is 30.1 Å². The Kier molecular flexibility index (Phi) is 6.83. The Morgan fingerprint density at radius 1 is 1.15 bits per heavy atom. The van der Waals surface area contributed by atoms with Crippen LogP contribution in [0.2, 0.25) is 0 Å². The summed E-state index contributed by atoms with van der Waals surface area (Å²) in [5.74, 6) is 0.0963. The fourth-order valence-corrected chi connectivity index (χ4v) is 3.53. The first-order valence-corrected chi connectivity index (χ1v) is 8.71. The number of carbonyl (C=O) groups excluding carboxylic acids is 1. The molecule has 1 aliphatic carbocycles. The molecular formula is C19H24Cl2FN3O. The summed E-state index contributed by atoms with van der Waals surface area (Å²) in [4.78, 5) is 19.6. The first kappa shape index (κ1) is 20.9. The Morgan fingerprint density at radius 2 is 1.85 bits per heavy atom. The largest absolute Gasteiger partial charge is 0.339 e. The van der Waals surface area contributed by atoms with Crippen LogP contribution in [0, 0.1) is 5.82 Å². The van der Waals surface area contributed by atoms with Crippen LogP contribution in [-0.4, -0.2) is 42.0 Å². The number of piperidine rings is 1. The molecule has 1 amide bonds. The molecule has 4 rings (SSSR count). The summed E-state index contributed by atoms with van der Waals surface area (Å²) < 4.78 is 13.7. The number of amides is 1. The van der Waals surface area contributed by atoms with E-state index in [4.69, 9.17) is 0 Å². The molecule has 0 bridgehead atoms. The Balaban J connectivity index is 0.00000121. The van der Waals surface area contributed by atoms with E-state index in [0.29, 0.717) is 22.4 Å². The zero-order chi connectivity index (χ0) is 16.7. The topological polar surface area (TPSA) is 45.2 Å². The number of carbonyl (C=O) groups is 1. The second-order valence-electron chi connectivity index (χ2n) is 6.93. The molecule has 2 aromatic rings. The van der Waals surface area contributed by atoms with Crippen LogP contribution < -0.4 is 5.32 Å². The van der Waals surface area contributed by atoms with Crippen LogP contribution in [0.25, 0.3) is 10.9 Å². The van der Waals surface area contributed by atoms with Crippen LogP contribution in [0.15, 0.2) is 24.3 Å². The van der Waals surface area contributed by atoms with Gasteiger partial charge in [-0.15, -0.1) is 24.8 Å². The number of aromatic nitrogens is 1. The summed E-state index contributed by atoms with van der Waals surface area (Å²) >= 11 is 0. The van der Waals surface area contributed by atoms with Gasteiger partial charge in [-0.05, 0) is 63.0 Å². The summed E-state index contributed by atoms with van der Waals surface area (Å²) in [6, 6.07) is 6.65. The van der Waals surface area contributed by atoms with E-state index in [1.165, 1.54) is 12.1 Å². The molecule has 0 unspecified atom stereocenters. The molecule has 1 saturated heterocycles. The molecule has 1 aliphatic heterocycles. The van der Waals surface area contributed by atoms with Gasteiger partial charge in [-0.2, -0.15) is 0 Å². The zero-order valence-corrected chi connectivity index (χ0v) is 16.3. The predicted molar refractivity (Wildman–Crippen MR) is 106 cm³/mol. The monoisotopic (exact) mass is 399 g/mol. The third-order valence-corrected chi connectivity index (χ3v) is 5.19. The molecule has 2 aliphatic rings. The summed E-state index contributed by atoms with van der Waals surface area (Å²) in [7, 11) is 1.86. The quantitative estimate of drug-likeness (QED) is 0.850. The second kappa shape index (κ2) is 8.51. The van der Waals surface area contributed by atoms with Crippen molar-refractivity contribution in [1.82, 2.24) is 15.2 Å². The van der Waals surface area contributed by atoms with E-state index >= 15 is 0 Å². The molecule has 1 aromatic heterocycles. The maximum absolute atomic E-state index is 13.7. The average molecular weight is 400 g/mol. The van der Waals surface area contributed by atoms with Gasteiger partial charge in [0.1, 0.15) is 5.82 Å². The van der Waals surface area contributed by atoms with Gasteiger partial charge in [0.05, 0.1) is 11.1 Å². The highest BCUT2D eigenvalue weighted by Gasteiger charge is 2.29.